The van der Waals surface area contributed by atoms with E-state index in [9.17, 15) is 4.79 Å². The van der Waals surface area contributed by atoms with Crippen LogP contribution in [0.5, 0.6) is 0 Å². The molecule has 1 amide bonds. The van der Waals surface area contributed by atoms with Crippen LogP contribution >= 0.6 is 0 Å². The van der Waals surface area contributed by atoms with Crippen molar-refractivity contribution in [2.75, 3.05) is 0 Å². The van der Waals surface area contributed by atoms with E-state index < -0.39 is 0 Å². The summed E-state index contributed by atoms with van der Waals surface area (Å²) in [6.07, 6.45) is 8.65. The van der Waals surface area contributed by atoms with E-state index in [0.29, 0.717) is 5.76 Å². The first kappa shape index (κ1) is 14.2. The second-order valence-electron chi connectivity index (χ2n) is 4.91. The first-order valence-electron chi connectivity index (χ1n) is 6.77. The summed E-state index contributed by atoms with van der Waals surface area (Å²) in [4.78, 5) is 11.7. The van der Waals surface area contributed by atoms with Gasteiger partial charge in [0.1, 0.15) is 5.76 Å². The Morgan fingerprint density at radius 1 is 1.45 bits per heavy atom. The third-order valence-corrected chi connectivity index (χ3v) is 3.22. The SMILES string of the molecule is C[C@H](CCc1cccn1C)NC(=O)/C=C/c1ccco1. The molecule has 0 spiro atoms. The maximum Gasteiger partial charge on any atom is 0.244 e. The molecule has 4 heteroatoms. The molecule has 0 aliphatic heterocycles. The van der Waals surface area contributed by atoms with E-state index in [1.165, 1.54) is 11.8 Å². The number of nitrogens with zero attached hydrogens (tertiary/aromatic N) is 1. The average molecular weight is 272 g/mol. The lowest BCUT2D eigenvalue weighted by Crippen LogP contribution is -2.31. The van der Waals surface area contributed by atoms with Crippen molar-refractivity contribution in [3.8, 4) is 0 Å². The average Bonchev–Trinajstić information content (AvgIpc) is 3.05. The summed E-state index contributed by atoms with van der Waals surface area (Å²) in [6, 6.07) is 7.87. The van der Waals surface area contributed by atoms with Gasteiger partial charge in [0.2, 0.25) is 5.91 Å². The molecule has 20 heavy (non-hydrogen) atoms. The Morgan fingerprint density at radius 3 is 2.95 bits per heavy atom. The zero-order valence-corrected chi connectivity index (χ0v) is 11.9. The number of nitrogens with one attached hydrogen (secondary N) is 1. The van der Waals surface area contributed by atoms with Gasteiger partial charge in [-0.3, -0.25) is 4.79 Å². The number of carbonyl (C=O) groups excluding carboxylic acids is 1. The summed E-state index contributed by atoms with van der Waals surface area (Å²) in [6.45, 7) is 2.02. The molecular formula is C16H20N2O2. The number of furan rings is 1. The molecule has 2 rings (SSSR count). The van der Waals surface area contributed by atoms with Gasteiger partial charge < -0.3 is 14.3 Å². The number of amides is 1. The van der Waals surface area contributed by atoms with E-state index in [4.69, 9.17) is 4.42 Å². The van der Waals surface area contributed by atoms with E-state index in [1.54, 1.807) is 18.4 Å². The molecule has 0 aliphatic rings. The normalized spacial score (nSPS) is 12.7. The molecule has 0 unspecified atom stereocenters. The van der Waals surface area contributed by atoms with Crippen LogP contribution < -0.4 is 5.32 Å². The van der Waals surface area contributed by atoms with Crippen molar-refractivity contribution in [3.63, 3.8) is 0 Å². The molecule has 0 saturated heterocycles. The number of hydrogen-bond acceptors (Lipinski definition) is 2. The number of aryl methyl sites for hydroxylation is 2. The summed E-state index contributed by atoms with van der Waals surface area (Å²) in [5.74, 6) is 0.581. The monoisotopic (exact) mass is 272 g/mol. The van der Waals surface area contributed by atoms with Gasteiger partial charge in [-0.05, 0) is 50.1 Å². The number of carbonyl (C=O) groups is 1. The highest BCUT2D eigenvalue weighted by Gasteiger charge is 2.06. The molecule has 1 N–H and O–H groups in total. The summed E-state index contributed by atoms with van der Waals surface area (Å²) >= 11 is 0. The van der Waals surface area contributed by atoms with Crippen LogP contribution in [0.25, 0.3) is 6.08 Å². The fourth-order valence-electron chi connectivity index (χ4n) is 2.03. The molecule has 0 aromatic carbocycles. The standard InChI is InChI=1S/C16H20N2O2/c1-13(7-8-14-5-3-11-18(14)2)17-16(19)10-9-15-6-4-12-20-15/h3-6,9-13H,7-8H2,1-2H3,(H,17,19)/b10-9+/t13-/m1/s1. The van der Waals surface area contributed by atoms with E-state index >= 15 is 0 Å². The maximum absolute atomic E-state index is 11.7. The van der Waals surface area contributed by atoms with Gasteiger partial charge in [-0.1, -0.05) is 0 Å². The van der Waals surface area contributed by atoms with E-state index in [-0.39, 0.29) is 11.9 Å². The Labute approximate surface area is 119 Å². The Hall–Kier alpha value is -2.23. The second kappa shape index (κ2) is 6.80. The predicted molar refractivity (Wildman–Crippen MR) is 79.1 cm³/mol. The van der Waals surface area contributed by atoms with Crippen molar-refractivity contribution in [1.82, 2.24) is 9.88 Å². The Balaban J connectivity index is 1.75. The topological polar surface area (TPSA) is 47.2 Å². The summed E-state index contributed by atoms with van der Waals surface area (Å²) < 4.78 is 7.23. The molecule has 0 radical (unpaired) electrons. The van der Waals surface area contributed by atoms with Gasteiger partial charge in [0.15, 0.2) is 0 Å². The van der Waals surface area contributed by atoms with Gasteiger partial charge in [-0.15, -0.1) is 0 Å². The first-order chi connectivity index (χ1) is 9.65. The van der Waals surface area contributed by atoms with Crippen molar-refractivity contribution in [3.05, 3.63) is 54.3 Å². The van der Waals surface area contributed by atoms with Crippen molar-refractivity contribution in [2.24, 2.45) is 7.05 Å². The largest absolute Gasteiger partial charge is 0.465 e. The van der Waals surface area contributed by atoms with E-state index in [1.807, 2.05) is 32.3 Å². The number of rotatable bonds is 6. The lowest BCUT2D eigenvalue weighted by molar-refractivity contribution is -0.117. The predicted octanol–water partition coefficient (Wildman–Crippen LogP) is 2.77. The van der Waals surface area contributed by atoms with Gasteiger partial charge in [0.25, 0.3) is 0 Å². The van der Waals surface area contributed by atoms with Gasteiger partial charge in [-0.2, -0.15) is 0 Å². The smallest absolute Gasteiger partial charge is 0.244 e. The number of hydrogen-bond donors (Lipinski definition) is 1. The minimum absolute atomic E-state index is 0.0965. The lowest BCUT2D eigenvalue weighted by atomic mass is 10.1. The van der Waals surface area contributed by atoms with Crippen LogP contribution in [0.4, 0.5) is 0 Å². The highest BCUT2D eigenvalue weighted by atomic mass is 16.3. The van der Waals surface area contributed by atoms with Gasteiger partial charge >= 0.3 is 0 Å². The molecule has 106 valence electrons. The third-order valence-electron chi connectivity index (χ3n) is 3.22. The minimum Gasteiger partial charge on any atom is -0.465 e. The number of aromatic nitrogens is 1. The van der Waals surface area contributed by atoms with Crippen molar-refractivity contribution in [1.29, 1.82) is 0 Å². The third kappa shape index (κ3) is 4.16. The van der Waals surface area contributed by atoms with Gasteiger partial charge in [-0.25, -0.2) is 0 Å². The molecule has 0 bridgehead atoms. The molecule has 0 fully saturated rings. The van der Waals surface area contributed by atoms with Gasteiger partial charge in [0.05, 0.1) is 6.26 Å². The zero-order valence-electron chi connectivity index (χ0n) is 11.9. The molecule has 4 nitrogen and oxygen atoms in total. The van der Waals surface area contributed by atoms with E-state index in [0.717, 1.165) is 12.8 Å². The molecular weight excluding hydrogens is 252 g/mol. The van der Waals surface area contributed by atoms with Crippen molar-refractivity contribution < 1.29 is 9.21 Å². The zero-order chi connectivity index (χ0) is 14.4. The minimum atomic E-state index is -0.0965. The van der Waals surface area contributed by atoms with Gasteiger partial charge in [0, 0.05) is 31.1 Å². The van der Waals surface area contributed by atoms with E-state index in [2.05, 4.69) is 16.0 Å². The summed E-state index contributed by atoms with van der Waals surface area (Å²) in [5, 5.41) is 2.95. The lowest BCUT2D eigenvalue weighted by Gasteiger charge is -2.12. The molecule has 2 aromatic heterocycles. The molecule has 1 atom stereocenters. The van der Waals surface area contributed by atoms with Crippen LogP contribution in [0.15, 0.2) is 47.2 Å². The van der Waals surface area contributed by atoms with Crippen molar-refractivity contribution >= 4 is 12.0 Å². The molecule has 2 heterocycles. The fourth-order valence-corrected chi connectivity index (χ4v) is 2.03. The van der Waals surface area contributed by atoms with Crippen LogP contribution in [-0.4, -0.2) is 16.5 Å². The van der Waals surface area contributed by atoms with Crippen LogP contribution in [0.3, 0.4) is 0 Å². The summed E-state index contributed by atoms with van der Waals surface area (Å²) in [5.41, 5.74) is 1.28. The van der Waals surface area contributed by atoms with Crippen LogP contribution in [0, 0.1) is 0 Å². The van der Waals surface area contributed by atoms with Crippen LogP contribution in [0.2, 0.25) is 0 Å². The molecule has 0 aliphatic carbocycles. The Kier molecular flexibility index (Phi) is 4.82. The fraction of sp³-hybridized carbons (Fsp3) is 0.312. The summed E-state index contributed by atoms with van der Waals surface area (Å²) in [7, 11) is 2.03. The highest BCUT2D eigenvalue weighted by molar-refractivity contribution is 5.91. The maximum atomic E-state index is 11.7. The Morgan fingerprint density at radius 2 is 2.30 bits per heavy atom. The highest BCUT2D eigenvalue weighted by Crippen LogP contribution is 2.06. The molecule has 0 saturated carbocycles. The van der Waals surface area contributed by atoms with Crippen LogP contribution in [0.1, 0.15) is 24.8 Å². The molecule has 2 aromatic rings. The first-order valence-corrected chi connectivity index (χ1v) is 6.77. The quantitative estimate of drug-likeness (QED) is 0.822. The second-order valence-corrected chi connectivity index (χ2v) is 4.91. The van der Waals surface area contributed by atoms with Crippen LogP contribution in [-0.2, 0) is 18.3 Å². The Bertz CT molecular complexity index is 567. The van der Waals surface area contributed by atoms with Crippen molar-refractivity contribution in [2.45, 2.75) is 25.8 Å².